The van der Waals surface area contributed by atoms with Crippen LogP contribution in [0.4, 0.5) is 0 Å². The molecule has 0 fully saturated rings. The maximum Gasteiger partial charge on any atom is 0.0517 e. The third kappa shape index (κ3) is 7.61. The van der Waals surface area contributed by atoms with Crippen LogP contribution in [-0.2, 0) is 0 Å². The van der Waals surface area contributed by atoms with Gasteiger partial charge in [0.25, 0.3) is 0 Å². The molecule has 0 aliphatic carbocycles. The van der Waals surface area contributed by atoms with Gasteiger partial charge in [-0.25, -0.2) is 0 Å². The second-order valence-corrected chi connectivity index (χ2v) is 4.63. The zero-order valence-corrected chi connectivity index (χ0v) is 10.9. The number of hydrogen-bond donors (Lipinski definition) is 1. The monoisotopic (exact) mass is 212 g/mol. The number of rotatable bonds is 8. The van der Waals surface area contributed by atoms with E-state index in [2.05, 4.69) is 26.8 Å². The van der Waals surface area contributed by atoms with E-state index in [4.69, 9.17) is 0 Å². The Balaban J connectivity index is 3.95. The fourth-order valence-electron chi connectivity index (χ4n) is 1.98. The molecule has 1 nitrogen and oxygen atoms in total. The number of allylic oxidation sites excluding steroid dienone is 2. The molecule has 0 spiro atoms. The molecule has 1 N–H and O–H groups in total. The molecule has 0 aromatic rings. The van der Waals surface area contributed by atoms with Crippen molar-refractivity contribution in [1.29, 1.82) is 0 Å². The van der Waals surface area contributed by atoms with E-state index < -0.39 is 0 Å². The number of aliphatic hydroxyl groups excluding tert-OH is 1. The maximum absolute atomic E-state index is 9.39. The molecule has 2 unspecified atom stereocenters. The summed E-state index contributed by atoms with van der Waals surface area (Å²) in [5.41, 5.74) is 1.47. The first-order valence-corrected chi connectivity index (χ1v) is 6.46. The SMILES string of the molecule is CCCCCC=C(C)C(CC)CC(C)O. The Bertz CT molecular complexity index is 170. The Morgan fingerprint density at radius 3 is 2.40 bits per heavy atom. The zero-order valence-electron chi connectivity index (χ0n) is 10.9. The van der Waals surface area contributed by atoms with Crippen molar-refractivity contribution in [2.24, 2.45) is 5.92 Å². The van der Waals surface area contributed by atoms with Crippen LogP contribution in [0.3, 0.4) is 0 Å². The number of hydrogen-bond acceptors (Lipinski definition) is 1. The van der Waals surface area contributed by atoms with Gasteiger partial charge < -0.3 is 5.11 Å². The van der Waals surface area contributed by atoms with Gasteiger partial charge in [0.2, 0.25) is 0 Å². The Hall–Kier alpha value is -0.300. The molecule has 15 heavy (non-hydrogen) atoms. The summed E-state index contributed by atoms with van der Waals surface area (Å²) >= 11 is 0. The maximum atomic E-state index is 9.39. The summed E-state index contributed by atoms with van der Waals surface area (Å²) in [6.45, 7) is 8.53. The molecule has 90 valence electrons. The molecule has 0 saturated carbocycles. The minimum atomic E-state index is -0.172. The first-order chi connectivity index (χ1) is 7.11. The quantitative estimate of drug-likeness (QED) is 0.469. The van der Waals surface area contributed by atoms with E-state index in [-0.39, 0.29) is 6.10 Å². The van der Waals surface area contributed by atoms with Crippen LogP contribution in [0.1, 0.15) is 66.2 Å². The van der Waals surface area contributed by atoms with Crippen molar-refractivity contribution < 1.29 is 5.11 Å². The highest BCUT2D eigenvalue weighted by Gasteiger charge is 2.10. The average molecular weight is 212 g/mol. The minimum Gasteiger partial charge on any atom is -0.393 e. The Morgan fingerprint density at radius 2 is 1.93 bits per heavy atom. The summed E-state index contributed by atoms with van der Waals surface area (Å²) in [5.74, 6) is 0.576. The van der Waals surface area contributed by atoms with Crippen LogP contribution >= 0.6 is 0 Å². The van der Waals surface area contributed by atoms with Gasteiger partial charge in [-0.1, -0.05) is 38.3 Å². The fourth-order valence-corrected chi connectivity index (χ4v) is 1.98. The first-order valence-electron chi connectivity index (χ1n) is 6.46. The molecular weight excluding hydrogens is 184 g/mol. The van der Waals surface area contributed by atoms with Crippen LogP contribution in [0.25, 0.3) is 0 Å². The van der Waals surface area contributed by atoms with Crippen molar-refractivity contribution >= 4 is 0 Å². The van der Waals surface area contributed by atoms with E-state index in [0.717, 1.165) is 12.8 Å². The zero-order chi connectivity index (χ0) is 11.7. The van der Waals surface area contributed by atoms with Crippen molar-refractivity contribution in [3.8, 4) is 0 Å². The second kappa shape index (κ2) is 8.96. The van der Waals surface area contributed by atoms with Gasteiger partial charge >= 0.3 is 0 Å². The van der Waals surface area contributed by atoms with Crippen molar-refractivity contribution in [3.05, 3.63) is 11.6 Å². The Kier molecular flexibility index (Phi) is 8.79. The van der Waals surface area contributed by atoms with Crippen LogP contribution < -0.4 is 0 Å². The molecule has 0 heterocycles. The Morgan fingerprint density at radius 1 is 1.27 bits per heavy atom. The van der Waals surface area contributed by atoms with Gasteiger partial charge in [0.05, 0.1) is 6.10 Å². The molecular formula is C14H28O. The van der Waals surface area contributed by atoms with Crippen LogP contribution in [0.15, 0.2) is 11.6 Å². The lowest BCUT2D eigenvalue weighted by Crippen LogP contribution is -2.10. The molecule has 0 radical (unpaired) electrons. The lowest BCUT2D eigenvalue weighted by molar-refractivity contribution is 0.166. The lowest BCUT2D eigenvalue weighted by atomic mass is 9.91. The van der Waals surface area contributed by atoms with E-state index in [1.165, 1.54) is 31.3 Å². The lowest BCUT2D eigenvalue weighted by Gasteiger charge is -2.17. The molecule has 0 bridgehead atoms. The van der Waals surface area contributed by atoms with Crippen LogP contribution in [-0.4, -0.2) is 11.2 Å². The summed E-state index contributed by atoms with van der Waals surface area (Å²) in [6, 6.07) is 0. The molecule has 0 saturated heterocycles. The average Bonchev–Trinajstić information content (AvgIpc) is 2.20. The van der Waals surface area contributed by atoms with Crippen molar-refractivity contribution in [2.75, 3.05) is 0 Å². The van der Waals surface area contributed by atoms with Gasteiger partial charge in [-0.15, -0.1) is 0 Å². The number of aliphatic hydroxyl groups is 1. The first kappa shape index (κ1) is 14.7. The summed E-state index contributed by atoms with van der Waals surface area (Å²) in [6.07, 6.45) is 9.37. The van der Waals surface area contributed by atoms with E-state index in [0.29, 0.717) is 5.92 Å². The van der Waals surface area contributed by atoms with Crippen LogP contribution in [0.2, 0.25) is 0 Å². The molecule has 0 aliphatic rings. The van der Waals surface area contributed by atoms with Gasteiger partial charge in [-0.05, 0) is 45.4 Å². The highest BCUT2D eigenvalue weighted by Crippen LogP contribution is 2.21. The molecule has 2 atom stereocenters. The predicted octanol–water partition coefficient (Wildman–Crippen LogP) is 4.31. The smallest absolute Gasteiger partial charge is 0.0517 e. The largest absolute Gasteiger partial charge is 0.393 e. The van der Waals surface area contributed by atoms with Crippen molar-refractivity contribution in [1.82, 2.24) is 0 Å². The third-order valence-electron chi connectivity index (χ3n) is 3.04. The van der Waals surface area contributed by atoms with E-state index >= 15 is 0 Å². The molecule has 0 aromatic carbocycles. The van der Waals surface area contributed by atoms with Crippen LogP contribution in [0, 0.1) is 5.92 Å². The predicted molar refractivity (Wildman–Crippen MR) is 68.0 cm³/mol. The second-order valence-electron chi connectivity index (χ2n) is 4.63. The van der Waals surface area contributed by atoms with Gasteiger partial charge in [-0.2, -0.15) is 0 Å². The summed E-state index contributed by atoms with van der Waals surface area (Å²) in [5, 5.41) is 9.39. The van der Waals surface area contributed by atoms with Gasteiger partial charge in [-0.3, -0.25) is 0 Å². The molecule has 0 amide bonds. The van der Waals surface area contributed by atoms with E-state index in [9.17, 15) is 5.11 Å². The topological polar surface area (TPSA) is 20.2 Å². The molecule has 1 heteroatoms. The summed E-state index contributed by atoms with van der Waals surface area (Å²) in [4.78, 5) is 0. The van der Waals surface area contributed by atoms with Crippen LogP contribution in [0.5, 0.6) is 0 Å². The summed E-state index contributed by atoms with van der Waals surface area (Å²) in [7, 11) is 0. The fraction of sp³-hybridized carbons (Fsp3) is 0.857. The van der Waals surface area contributed by atoms with Gasteiger partial charge in [0.1, 0.15) is 0 Å². The number of unbranched alkanes of at least 4 members (excludes halogenated alkanes) is 3. The van der Waals surface area contributed by atoms with Gasteiger partial charge in [0, 0.05) is 0 Å². The normalized spacial score (nSPS) is 16.5. The van der Waals surface area contributed by atoms with E-state index in [1.54, 1.807) is 0 Å². The minimum absolute atomic E-state index is 0.172. The van der Waals surface area contributed by atoms with Gasteiger partial charge in [0.15, 0.2) is 0 Å². The molecule has 0 aromatic heterocycles. The Labute approximate surface area is 95.6 Å². The highest BCUT2D eigenvalue weighted by molar-refractivity contribution is 5.03. The van der Waals surface area contributed by atoms with Crippen molar-refractivity contribution in [3.63, 3.8) is 0 Å². The van der Waals surface area contributed by atoms with Crippen molar-refractivity contribution in [2.45, 2.75) is 72.3 Å². The molecule has 0 aliphatic heterocycles. The summed E-state index contributed by atoms with van der Waals surface area (Å²) < 4.78 is 0. The third-order valence-corrected chi connectivity index (χ3v) is 3.04. The van der Waals surface area contributed by atoms with E-state index in [1.807, 2.05) is 6.92 Å². The standard InChI is InChI=1S/C14H28O/c1-5-7-8-9-10-12(3)14(6-2)11-13(4)15/h10,13-15H,5-9,11H2,1-4H3. The molecule has 0 rings (SSSR count). The highest BCUT2D eigenvalue weighted by atomic mass is 16.3.